The van der Waals surface area contributed by atoms with Gasteiger partial charge in [-0.3, -0.25) is 4.79 Å². The number of carbonyl (C=O) groups is 1. The van der Waals surface area contributed by atoms with E-state index in [1.54, 1.807) is 18.2 Å². The van der Waals surface area contributed by atoms with Gasteiger partial charge in [-0.25, -0.2) is 0 Å². The van der Waals surface area contributed by atoms with Gasteiger partial charge in [-0.1, -0.05) is 0 Å². The Morgan fingerprint density at radius 2 is 1.65 bits per heavy atom. The molecular weight excluding hydrogens is 308 g/mol. The SMILES string of the molecule is COc1ccc(OC)c(NC(=O)c2ccc(OC(F)F)cc2)c1. The Morgan fingerprint density at radius 3 is 2.22 bits per heavy atom. The summed E-state index contributed by atoms with van der Waals surface area (Å²) in [6.07, 6.45) is 0. The van der Waals surface area contributed by atoms with Crippen LogP contribution in [0.1, 0.15) is 10.4 Å². The molecule has 1 N–H and O–H groups in total. The fourth-order valence-electron chi connectivity index (χ4n) is 1.89. The second-order valence-corrected chi connectivity index (χ2v) is 4.42. The first-order valence-electron chi connectivity index (χ1n) is 6.61. The van der Waals surface area contributed by atoms with Crippen LogP contribution in [0.3, 0.4) is 0 Å². The third kappa shape index (κ3) is 4.32. The van der Waals surface area contributed by atoms with Crippen molar-refractivity contribution in [2.45, 2.75) is 6.61 Å². The van der Waals surface area contributed by atoms with E-state index < -0.39 is 12.5 Å². The van der Waals surface area contributed by atoms with E-state index in [2.05, 4.69) is 10.1 Å². The van der Waals surface area contributed by atoms with Crippen molar-refractivity contribution in [2.75, 3.05) is 19.5 Å². The molecule has 0 fully saturated rings. The fraction of sp³-hybridized carbons (Fsp3) is 0.188. The molecule has 1 amide bonds. The van der Waals surface area contributed by atoms with Gasteiger partial charge in [0, 0.05) is 11.6 Å². The van der Waals surface area contributed by atoms with Crippen molar-refractivity contribution in [3.63, 3.8) is 0 Å². The van der Waals surface area contributed by atoms with E-state index in [0.29, 0.717) is 17.2 Å². The van der Waals surface area contributed by atoms with Gasteiger partial charge >= 0.3 is 6.61 Å². The number of hydrogen-bond acceptors (Lipinski definition) is 4. The second-order valence-electron chi connectivity index (χ2n) is 4.42. The summed E-state index contributed by atoms with van der Waals surface area (Å²) in [5.74, 6) is 0.592. The maximum absolute atomic E-state index is 12.2. The van der Waals surface area contributed by atoms with Crippen molar-refractivity contribution in [1.82, 2.24) is 0 Å². The molecule has 2 aromatic carbocycles. The molecule has 0 heterocycles. The molecule has 0 saturated heterocycles. The number of hydrogen-bond donors (Lipinski definition) is 1. The lowest BCUT2D eigenvalue weighted by molar-refractivity contribution is -0.0498. The Balaban J connectivity index is 2.15. The van der Waals surface area contributed by atoms with Crippen LogP contribution in [-0.2, 0) is 0 Å². The van der Waals surface area contributed by atoms with Crippen LogP contribution in [-0.4, -0.2) is 26.7 Å². The summed E-state index contributed by atoms with van der Waals surface area (Å²) < 4.78 is 38.7. The Labute approximate surface area is 131 Å². The lowest BCUT2D eigenvalue weighted by Crippen LogP contribution is -2.13. The lowest BCUT2D eigenvalue weighted by atomic mass is 10.2. The minimum absolute atomic E-state index is 0.0180. The van der Waals surface area contributed by atoms with Crippen molar-refractivity contribution in [3.8, 4) is 17.2 Å². The van der Waals surface area contributed by atoms with Gasteiger partial charge in [-0.05, 0) is 36.4 Å². The van der Waals surface area contributed by atoms with Crippen LogP contribution < -0.4 is 19.5 Å². The topological polar surface area (TPSA) is 56.8 Å². The average Bonchev–Trinajstić information content (AvgIpc) is 2.54. The van der Waals surface area contributed by atoms with Crippen LogP contribution in [0.5, 0.6) is 17.2 Å². The number of nitrogens with one attached hydrogen (secondary N) is 1. The first-order valence-corrected chi connectivity index (χ1v) is 6.61. The third-order valence-corrected chi connectivity index (χ3v) is 3.00. The molecule has 0 aromatic heterocycles. The van der Waals surface area contributed by atoms with Crippen molar-refractivity contribution in [3.05, 3.63) is 48.0 Å². The number of ether oxygens (including phenoxy) is 3. The third-order valence-electron chi connectivity index (χ3n) is 3.00. The highest BCUT2D eigenvalue weighted by Crippen LogP contribution is 2.29. The zero-order valence-electron chi connectivity index (χ0n) is 12.5. The summed E-state index contributed by atoms with van der Waals surface area (Å²) >= 11 is 0. The predicted octanol–water partition coefficient (Wildman–Crippen LogP) is 3.56. The van der Waals surface area contributed by atoms with E-state index in [0.717, 1.165) is 0 Å². The normalized spacial score (nSPS) is 10.3. The van der Waals surface area contributed by atoms with Gasteiger partial charge in [-0.15, -0.1) is 0 Å². The van der Waals surface area contributed by atoms with Gasteiger partial charge in [0.1, 0.15) is 17.2 Å². The number of anilines is 1. The number of alkyl halides is 2. The van der Waals surface area contributed by atoms with Crippen LogP contribution in [0.25, 0.3) is 0 Å². The number of carbonyl (C=O) groups excluding carboxylic acids is 1. The average molecular weight is 323 g/mol. The summed E-state index contributed by atoms with van der Waals surface area (Å²) in [7, 11) is 2.99. The molecule has 2 rings (SSSR count). The molecule has 0 spiro atoms. The summed E-state index contributed by atoms with van der Waals surface area (Å²) in [4.78, 5) is 12.2. The molecule has 0 aliphatic rings. The molecule has 7 heteroatoms. The molecule has 0 unspecified atom stereocenters. The number of benzene rings is 2. The number of methoxy groups -OCH3 is 2. The van der Waals surface area contributed by atoms with Crippen molar-refractivity contribution >= 4 is 11.6 Å². The molecule has 0 aliphatic carbocycles. The number of amides is 1. The van der Waals surface area contributed by atoms with Crippen LogP contribution in [0.4, 0.5) is 14.5 Å². The Hall–Kier alpha value is -2.83. The maximum atomic E-state index is 12.2. The molecule has 0 atom stereocenters. The highest BCUT2D eigenvalue weighted by Gasteiger charge is 2.12. The number of halogens is 2. The van der Waals surface area contributed by atoms with Gasteiger partial charge in [-0.2, -0.15) is 8.78 Å². The van der Waals surface area contributed by atoms with Crippen molar-refractivity contribution in [1.29, 1.82) is 0 Å². The summed E-state index contributed by atoms with van der Waals surface area (Å²) in [5.41, 5.74) is 0.723. The Morgan fingerprint density at radius 1 is 1.00 bits per heavy atom. The quantitative estimate of drug-likeness (QED) is 0.883. The van der Waals surface area contributed by atoms with E-state index in [1.807, 2.05) is 0 Å². The Kier molecular flexibility index (Phi) is 5.35. The zero-order valence-corrected chi connectivity index (χ0v) is 12.5. The van der Waals surface area contributed by atoms with E-state index in [9.17, 15) is 13.6 Å². The molecule has 2 aromatic rings. The standard InChI is InChI=1S/C16H15F2NO4/c1-21-12-7-8-14(22-2)13(9-12)19-15(20)10-3-5-11(6-4-10)23-16(17)18/h3-9,16H,1-2H3,(H,19,20). The summed E-state index contributed by atoms with van der Waals surface area (Å²) in [5, 5.41) is 2.68. The van der Waals surface area contributed by atoms with Gasteiger partial charge in [0.15, 0.2) is 0 Å². The van der Waals surface area contributed by atoms with Gasteiger partial charge in [0.05, 0.1) is 19.9 Å². The van der Waals surface area contributed by atoms with E-state index in [1.165, 1.54) is 38.5 Å². The Bertz CT molecular complexity index is 674. The minimum Gasteiger partial charge on any atom is -0.497 e. The molecule has 0 bridgehead atoms. The zero-order chi connectivity index (χ0) is 16.8. The monoisotopic (exact) mass is 323 g/mol. The van der Waals surface area contributed by atoms with Crippen molar-refractivity contribution < 1.29 is 27.8 Å². The molecule has 0 aliphatic heterocycles. The highest BCUT2D eigenvalue weighted by molar-refractivity contribution is 6.05. The largest absolute Gasteiger partial charge is 0.497 e. The lowest BCUT2D eigenvalue weighted by Gasteiger charge is -2.12. The van der Waals surface area contributed by atoms with Gasteiger partial charge < -0.3 is 19.5 Å². The van der Waals surface area contributed by atoms with E-state index in [-0.39, 0.29) is 11.3 Å². The van der Waals surface area contributed by atoms with Gasteiger partial charge in [0.25, 0.3) is 5.91 Å². The molecular formula is C16H15F2NO4. The number of rotatable bonds is 6. The van der Waals surface area contributed by atoms with Crippen LogP contribution in [0.15, 0.2) is 42.5 Å². The van der Waals surface area contributed by atoms with Crippen LogP contribution in [0, 0.1) is 0 Å². The highest BCUT2D eigenvalue weighted by atomic mass is 19.3. The first kappa shape index (κ1) is 16.5. The molecule has 0 saturated carbocycles. The molecule has 5 nitrogen and oxygen atoms in total. The summed E-state index contributed by atoms with van der Waals surface area (Å²) in [6.45, 7) is -2.91. The van der Waals surface area contributed by atoms with E-state index >= 15 is 0 Å². The minimum atomic E-state index is -2.91. The van der Waals surface area contributed by atoms with Crippen LogP contribution >= 0.6 is 0 Å². The smallest absolute Gasteiger partial charge is 0.387 e. The summed E-state index contributed by atoms with van der Waals surface area (Å²) in [6, 6.07) is 10.3. The van der Waals surface area contributed by atoms with E-state index in [4.69, 9.17) is 9.47 Å². The molecule has 0 radical (unpaired) electrons. The maximum Gasteiger partial charge on any atom is 0.387 e. The molecule has 23 heavy (non-hydrogen) atoms. The fourth-order valence-corrected chi connectivity index (χ4v) is 1.89. The first-order chi connectivity index (χ1) is 11.0. The van der Waals surface area contributed by atoms with Crippen LogP contribution in [0.2, 0.25) is 0 Å². The second kappa shape index (κ2) is 7.44. The van der Waals surface area contributed by atoms with Crippen molar-refractivity contribution in [2.24, 2.45) is 0 Å². The van der Waals surface area contributed by atoms with Gasteiger partial charge in [0.2, 0.25) is 0 Å². The molecule has 122 valence electrons. The predicted molar refractivity (Wildman–Crippen MR) is 80.6 cm³/mol.